The molecule has 0 radical (unpaired) electrons. The van der Waals surface area contributed by atoms with Crippen molar-refractivity contribution in [2.24, 2.45) is 15.9 Å². The van der Waals surface area contributed by atoms with Crippen LogP contribution in [-0.4, -0.2) is 38.3 Å². The van der Waals surface area contributed by atoms with Crippen LogP contribution in [0.4, 0.5) is 0 Å². The van der Waals surface area contributed by atoms with Gasteiger partial charge in [0.15, 0.2) is 0 Å². The van der Waals surface area contributed by atoms with Crippen LogP contribution in [0.15, 0.2) is 34.5 Å². The van der Waals surface area contributed by atoms with E-state index in [1.54, 1.807) is 18.2 Å². The minimum absolute atomic E-state index is 0.366. The molecular formula is C11H16N4O. The first-order valence-corrected chi connectivity index (χ1v) is 4.81. The third-order valence-corrected chi connectivity index (χ3v) is 1.94. The summed E-state index contributed by atoms with van der Waals surface area (Å²) < 4.78 is 5.04. The van der Waals surface area contributed by atoms with E-state index in [2.05, 4.69) is 10.2 Å². The van der Waals surface area contributed by atoms with Gasteiger partial charge in [-0.15, -0.1) is 5.10 Å². The minimum Gasteiger partial charge on any atom is -0.497 e. The van der Waals surface area contributed by atoms with Crippen LogP contribution >= 0.6 is 0 Å². The molecule has 0 fully saturated rings. The molecule has 16 heavy (non-hydrogen) atoms. The zero-order valence-electron chi connectivity index (χ0n) is 9.71. The van der Waals surface area contributed by atoms with E-state index in [0.29, 0.717) is 5.96 Å². The summed E-state index contributed by atoms with van der Waals surface area (Å²) in [6.07, 6.45) is 1.63. The molecule has 0 aliphatic carbocycles. The SMILES string of the molecule is COc1ccc(/C=N/N=C(\N)N(C)C)cc1. The summed E-state index contributed by atoms with van der Waals surface area (Å²) in [5, 5.41) is 7.69. The molecule has 0 aliphatic rings. The van der Waals surface area contributed by atoms with Crippen molar-refractivity contribution in [3.63, 3.8) is 0 Å². The molecule has 0 saturated heterocycles. The van der Waals surface area contributed by atoms with Crippen LogP contribution in [0.25, 0.3) is 0 Å². The van der Waals surface area contributed by atoms with Crippen molar-refractivity contribution in [3.05, 3.63) is 29.8 Å². The Bertz CT molecular complexity index is 381. The Kier molecular flexibility index (Phi) is 4.32. The molecule has 0 spiro atoms. The first-order valence-electron chi connectivity index (χ1n) is 4.81. The van der Waals surface area contributed by atoms with Crippen molar-refractivity contribution in [1.29, 1.82) is 0 Å². The van der Waals surface area contributed by atoms with Crippen LogP contribution in [0.2, 0.25) is 0 Å². The van der Waals surface area contributed by atoms with Gasteiger partial charge in [0.05, 0.1) is 13.3 Å². The molecule has 0 aromatic heterocycles. The Morgan fingerprint density at radius 1 is 1.31 bits per heavy atom. The lowest BCUT2D eigenvalue weighted by atomic mass is 10.2. The topological polar surface area (TPSA) is 63.2 Å². The van der Waals surface area contributed by atoms with E-state index in [9.17, 15) is 0 Å². The Hall–Kier alpha value is -2.04. The fourth-order valence-electron chi connectivity index (χ4n) is 0.934. The summed E-state index contributed by atoms with van der Waals surface area (Å²) in [6, 6.07) is 7.51. The second-order valence-electron chi connectivity index (χ2n) is 3.37. The number of benzene rings is 1. The van der Waals surface area contributed by atoms with Gasteiger partial charge in [-0.2, -0.15) is 5.10 Å². The van der Waals surface area contributed by atoms with E-state index in [0.717, 1.165) is 11.3 Å². The Morgan fingerprint density at radius 2 is 1.94 bits per heavy atom. The van der Waals surface area contributed by atoms with Crippen LogP contribution in [0.5, 0.6) is 5.75 Å². The van der Waals surface area contributed by atoms with Crippen LogP contribution in [-0.2, 0) is 0 Å². The van der Waals surface area contributed by atoms with Crippen molar-refractivity contribution in [2.45, 2.75) is 0 Å². The van der Waals surface area contributed by atoms with Crippen LogP contribution in [0.1, 0.15) is 5.56 Å². The molecule has 0 saturated carbocycles. The second-order valence-corrected chi connectivity index (χ2v) is 3.37. The predicted molar refractivity (Wildman–Crippen MR) is 65.9 cm³/mol. The number of methoxy groups -OCH3 is 1. The van der Waals surface area contributed by atoms with Gasteiger partial charge in [0.1, 0.15) is 5.75 Å². The molecule has 0 unspecified atom stereocenters. The van der Waals surface area contributed by atoms with E-state index in [1.165, 1.54) is 0 Å². The number of ether oxygens (including phenoxy) is 1. The third-order valence-electron chi connectivity index (χ3n) is 1.94. The number of guanidine groups is 1. The Labute approximate surface area is 95.2 Å². The van der Waals surface area contributed by atoms with Gasteiger partial charge >= 0.3 is 0 Å². The van der Waals surface area contributed by atoms with E-state index >= 15 is 0 Å². The fourth-order valence-corrected chi connectivity index (χ4v) is 0.934. The van der Waals surface area contributed by atoms with Crippen LogP contribution < -0.4 is 10.5 Å². The summed E-state index contributed by atoms with van der Waals surface area (Å²) in [5.41, 5.74) is 6.51. The minimum atomic E-state index is 0.366. The molecule has 0 bridgehead atoms. The summed E-state index contributed by atoms with van der Waals surface area (Å²) in [4.78, 5) is 1.69. The van der Waals surface area contributed by atoms with E-state index in [-0.39, 0.29) is 0 Å². The molecule has 0 atom stereocenters. The maximum atomic E-state index is 5.57. The molecule has 86 valence electrons. The molecule has 2 N–H and O–H groups in total. The van der Waals surface area contributed by atoms with E-state index in [4.69, 9.17) is 10.5 Å². The van der Waals surface area contributed by atoms with E-state index in [1.807, 2.05) is 38.4 Å². The van der Waals surface area contributed by atoms with Gasteiger partial charge in [0.25, 0.3) is 0 Å². The van der Waals surface area contributed by atoms with Gasteiger partial charge in [-0.25, -0.2) is 0 Å². The first-order chi connectivity index (χ1) is 7.63. The second kappa shape index (κ2) is 5.75. The number of nitrogens with zero attached hydrogens (tertiary/aromatic N) is 3. The first kappa shape index (κ1) is 12.0. The lowest BCUT2D eigenvalue weighted by molar-refractivity contribution is 0.415. The van der Waals surface area contributed by atoms with Gasteiger partial charge in [-0.3, -0.25) is 0 Å². The maximum absolute atomic E-state index is 5.57. The monoisotopic (exact) mass is 220 g/mol. The van der Waals surface area contributed by atoms with Crippen molar-refractivity contribution in [1.82, 2.24) is 4.90 Å². The zero-order valence-corrected chi connectivity index (χ0v) is 9.71. The van der Waals surface area contributed by atoms with Crippen LogP contribution in [0, 0.1) is 0 Å². The third kappa shape index (κ3) is 3.61. The average Bonchev–Trinajstić information content (AvgIpc) is 2.29. The zero-order chi connectivity index (χ0) is 12.0. The van der Waals surface area contributed by atoms with Crippen molar-refractivity contribution in [2.75, 3.05) is 21.2 Å². The normalized spacial score (nSPS) is 11.8. The average molecular weight is 220 g/mol. The molecule has 5 nitrogen and oxygen atoms in total. The summed E-state index contributed by atoms with van der Waals surface area (Å²) in [5.74, 6) is 1.18. The molecule has 1 rings (SSSR count). The van der Waals surface area contributed by atoms with Crippen molar-refractivity contribution < 1.29 is 4.74 Å². The standard InChI is InChI=1S/C11H16N4O/c1-15(2)11(12)14-13-8-9-4-6-10(16-3)7-5-9/h4-8H,1-3H3,(H2,12,14)/b13-8+. The smallest absolute Gasteiger partial charge is 0.215 e. The summed E-state index contributed by atoms with van der Waals surface area (Å²) in [6.45, 7) is 0. The van der Waals surface area contributed by atoms with Crippen LogP contribution in [0.3, 0.4) is 0 Å². The molecule has 1 aromatic carbocycles. The quantitative estimate of drug-likeness (QED) is 0.468. The number of hydrogen-bond acceptors (Lipinski definition) is 3. The van der Waals surface area contributed by atoms with Crippen molar-refractivity contribution in [3.8, 4) is 5.75 Å². The van der Waals surface area contributed by atoms with Gasteiger partial charge in [-0.05, 0) is 29.8 Å². The lowest BCUT2D eigenvalue weighted by Gasteiger charge is -2.07. The number of hydrogen-bond donors (Lipinski definition) is 1. The fraction of sp³-hybridized carbons (Fsp3) is 0.273. The molecule has 5 heteroatoms. The maximum Gasteiger partial charge on any atom is 0.215 e. The summed E-state index contributed by atoms with van der Waals surface area (Å²) >= 11 is 0. The highest BCUT2D eigenvalue weighted by Crippen LogP contribution is 2.09. The molecule has 0 aliphatic heterocycles. The van der Waals surface area contributed by atoms with Crippen molar-refractivity contribution >= 4 is 12.2 Å². The van der Waals surface area contributed by atoms with Gasteiger partial charge in [0.2, 0.25) is 5.96 Å². The Morgan fingerprint density at radius 3 is 2.44 bits per heavy atom. The summed E-state index contributed by atoms with van der Waals surface area (Å²) in [7, 11) is 5.24. The highest BCUT2D eigenvalue weighted by atomic mass is 16.5. The van der Waals surface area contributed by atoms with Gasteiger partial charge in [-0.1, -0.05) is 0 Å². The highest BCUT2D eigenvalue weighted by Gasteiger charge is 1.92. The van der Waals surface area contributed by atoms with Gasteiger partial charge < -0.3 is 15.4 Å². The number of rotatable bonds is 3. The Balaban J connectivity index is 2.66. The van der Waals surface area contributed by atoms with E-state index < -0.39 is 0 Å². The highest BCUT2D eigenvalue weighted by molar-refractivity contribution is 5.82. The number of nitrogens with two attached hydrogens (primary N) is 1. The predicted octanol–water partition coefficient (Wildman–Crippen LogP) is 0.905. The molecule has 0 amide bonds. The molecule has 1 aromatic rings. The lowest BCUT2D eigenvalue weighted by Crippen LogP contribution is -2.29. The molecular weight excluding hydrogens is 204 g/mol. The van der Waals surface area contributed by atoms with Gasteiger partial charge in [0, 0.05) is 14.1 Å². The molecule has 0 heterocycles. The largest absolute Gasteiger partial charge is 0.497 e.